The Morgan fingerprint density at radius 1 is 1.17 bits per heavy atom. The highest BCUT2D eigenvalue weighted by atomic mass is 16.4. The number of allylic oxidation sites excluding steroid dienone is 2. The van der Waals surface area contributed by atoms with Crippen molar-refractivity contribution < 1.29 is 4.65 Å². The van der Waals surface area contributed by atoms with Crippen molar-refractivity contribution in [3.8, 4) is 0 Å². The van der Waals surface area contributed by atoms with Crippen molar-refractivity contribution in [2.75, 3.05) is 0 Å². The fourth-order valence-corrected chi connectivity index (χ4v) is 1.09. The Morgan fingerprint density at radius 2 is 1.67 bits per heavy atom. The van der Waals surface area contributed by atoms with Crippen LogP contribution in [0.2, 0.25) is 6.82 Å². The summed E-state index contributed by atoms with van der Waals surface area (Å²) in [4.78, 5) is 0. The van der Waals surface area contributed by atoms with E-state index >= 15 is 0 Å². The molecule has 0 amide bonds. The van der Waals surface area contributed by atoms with Gasteiger partial charge in [-0.3, -0.25) is 0 Å². The van der Waals surface area contributed by atoms with Crippen LogP contribution in [0.3, 0.4) is 0 Å². The summed E-state index contributed by atoms with van der Waals surface area (Å²) < 4.78 is 5.04. The molecule has 0 aromatic heterocycles. The second-order valence-corrected chi connectivity index (χ2v) is 3.26. The molecule has 0 atom stereocenters. The van der Waals surface area contributed by atoms with Crippen LogP contribution in [-0.4, -0.2) is 13.6 Å². The first-order valence-corrected chi connectivity index (χ1v) is 5.04. The molecule has 0 aromatic carbocycles. The molecule has 2 heteroatoms. The van der Waals surface area contributed by atoms with Crippen molar-refractivity contribution in [1.29, 1.82) is 0 Å². The molecule has 0 heterocycles. The molecular weight excluding hydrogens is 147 g/mol. The lowest BCUT2D eigenvalue weighted by molar-refractivity contribution is 0.258. The van der Waals surface area contributed by atoms with Gasteiger partial charge in [0.15, 0.2) is 0 Å². The highest BCUT2D eigenvalue weighted by molar-refractivity contribution is 6.24. The van der Waals surface area contributed by atoms with Gasteiger partial charge in [0.2, 0.25) is 0 Å². The maximum Gasteiger partial charge on any atom is 0.272 e. The lowest BCUT2D eigenvalue weighted by Gasteiger charge is -2.00. The van der Waals surface area contributed by atoms with E-state index < -0.39 is 0 Å². The van der Waals surface area contributed by atoms with Crippen LogP contribution < -0.4 is 0 Å². The van der Waals surface area contributed by atoms with Gasteiger partial charge in [-0.25, -0.2) is 0 Å². The van der Waals surface area contributed by atoms with Crippen molar-refractivity contribution in [1.82, 2.24) is 0 Å². The van der Waals surface area contributed by atoms with Gasteiger partial charge in [0, 0.05) is 6.10 Å². The highest BCUT2D eigenvalue weighted by Crippen LogP contribution is 2.07. The quantitative estimate of drug-likeness (QED) is 0.455. The Bertz CT molecular complexity index is 102. The summed E-state index contributed by atoms with van der Waals surface area (Å²) in [6.45, 7) is 6.06. The predicted octanol–water partition coefficient (Wildman–Crippen LogP) is 2.93. The lowest BCUT2D eigenvalue weighted by Crippen LogP contribution is -2.02. The molecule has 0 aliphatic heterocycles. The van der Waals surface area contributed by atoms with Crippen LogP contribution in [0.25, 0.3) is 0 Å². The summed E-state index contributed by atoms with van der Waals surface area (Å²) in [5.41, 5.74) is 0. The third-order valence-electron chi connectivity index (χ3n) is 1.66. The van der Waals surface area contributed by atoms with E-state index in [9.17, 15) is 0 Å². The SMILES string of the molecule is C1=CCCCC1.CBOC(C)C. The minimum Gasteiger partial charge on any atom is -0.438 e. The summed E-state index contributed by atoms with van der Waals surface area (Å²) in [5, 5.41) is 0. The third-order valence-corrected chi connectivity index (χ3v) is 1.66. The van der Waals surface area contributed by atoms with E-state index in [4.69, 9.17) is 4.65 Å². The zero-order valence-corrected chi connectivity index (χ0v) is 8.68. The topological polar surface area (TPSA) is 9.23 Å². The van der Waals surface area contributed by atoms with E-state index in [1.807, 2.05) is 20.7 Å². The van der Waals surface area contributed by atoms with Crippen molar-refractivity contribution in [2.45, 2.75) is 52.5 Å². The van der Waals surface area contributed by atoms with E-state index in [1.165, 1.54) is 25.7 Å². The molecule has 0 N–H and O–H groups in total. The van der Waals surface area contributed by atoms with Crippen LogP contribution in [0.5, 0.6) is 0 Å². The molecule has 70 valence electrons. The molecule has 0 radical (unpaired) electrons. The maximum absolute atomic E-state index is 5.04. The minimum absolute atomic E-state index is 0.398. The van der Waals surface area contributed by atoms with Crippen LogP contribution in [0.15, 0.2) is 12.2 Å². The fraction of sp³-hybridized carbons (Fsp3) is 0.800. The average Bonchev–Trinajstić information content (AvgIpc) is 2.08. The van der Waals surface area contributed by atoms with E-state index in [0.29, 0.717) is 6.10 Å². The molecule has 12 heavy (non-hydrogen) atoms. The summed E-state index contributed by atoms with van der Waals surface area (Å²) in [5.74, 6) is 0. The molecule has 0 unspecified atom stereocenters. The number of hydrogen-bond acceptors (Lipinski definition) is 1. The number of hydrogen-bond donors (Lipinski definition) is 0. The van der Waals surface area contributed by atoms with E-state index in [0.717, 1.165) is 7.48 Å². The highest BCUT2D eigenvalue weighted by Gasteiger charge is 1.87. The molecule has 0 saturated heterocycles. The van der Waals surface area contributed by atoms with Gasteiger partial charge < -0.3 is 4.65 Å². The Hall–Kier alpha value is -0.235. The standard InChI is InChI=1S/C6H10.C4H11BO/c1-2-4-6-5-3-1;1-4(2)6-5-3/h1-2H,3-6H2;4-5H,1-3H3. The Morgan fingerprint density at radius 3 is 1.75 bits per heavy atom. The fourth-order valence-electron chi connectivity index (χ4n) is 1.09. The molecule has 0 aromatic rings. The molecule has 1 rings (SSSR count). The van der Waals surface area contributed by atoms with Gasteiger partial charge in [-0.1, -0.05) is 19.0 Å². The smallest absolute Gasteiger partial charge is 0.272 e. The first kappa shape index (κ1) is 11.8. The third kappa shape index (κ3) is 9.76. The van der Waals surface area contributed by atoms with Crippen LogP contribution in [0, 0.1) is 0 Å². The zero-order valence-electron chi connectivity index (χ0n) is 8.68. The molecule has 1 nitrogen and oxygen atoms in total. The largest absolute Gasteiger partial charge is 0.438 e. The van der Waals surface area contributed by atoms with Crippen LogP contribution >= 0.6 is 0 Å². The van der Waals surface area contributed by atoms with Crippen LogP contribution in [-0.2, 0) is 4.65 Å². The minimum atomic E-state index is 0.398. The van der Waals surface area contributed by atoms with E-state index in [1.54, 1.807) is 0 Å². The van der Waals surface area contributed by atoms with Gasteiger partial charge in [0.1, 0.15) is 0 Å². The van der Waals surface area contributed by atoms with Crippen molar-refractivity contribution in [2.24, 2.45) is 0 Å². The van der Waals surface area contributed by atoms with Crippen LogP contribution in [0.1, 0.15) is 39.5 Å². The molecule has 0 fully saturated rings. The van der Waals surface area contributed by atoms with Gasteiger partial charge in [-0.05, 0) is 39.5 Å². The first-order valence-electron chi connectivity index (χ1n) is 5.04. The zero-order chi connectivity index (χ0) is 9.23. The monoisotopic (exact) mass is 168 g/mol. The van der Waals surface area contributed by atoms with Crippen LogP contribution in [0.4, 0.5) is 0 Å². The normalized spacial score (nSPS) is 15.3. The first-order chi connectivity index (χ1) is 5.77. The second-order valence-electron chi connectivity index (χ2n) is 3.26. The molecule has 1 aliphatic rings. The molecule has 1 aliphatic carbocycles. The van der Waals surface area contributed by atoms with E-state index in [-0.39, 0.29) is 0 Å². The predicted molar refractivity (Wildman–Crippen MR) is 56.8 cm³/mol. The molecule has 0 bridgehead atoms. The number of rotatable bonds is 2. The Labute approximate surface area is 77.5 Å². The van der Waals surface area contributed by atoms with Gasteiger partial charge >= 0.3 is 0 Å². The molecular formula is C10H21BO. The summed E-state index contributed by atoms with van der Waals surface area (Å²) >= 11 is 0. The summed E-state index contributed by atoms with van der Waals surface area (Å²) in [6.07, 6.45) is 10.4. The van der Waals surface area contributed by atoms with Crippen molar-refractivity contribution in [3.63, 3.8) is 0 Å². The summed E-state index contributed by atoms with van der Waals surface area (Å²) in [6, 6.07) is 0. The molecule has 0 saturated carbocycles. The van der Waals surface area contributed by atoms with Crippen molar-refractivity contribution in [3.05, 3.63) is 12.2 Å². The lowest BCUT2D eigenvalue weighted by atomic mass is 10.1. The average molecular weight is 168 g/mol. The van der Waals surface area contributed by atoms with Gasteiger partial charge in [0.25, 0.3) is 7.48 Å². The molecule has 0 spiro atoms. The summed E-state index contributed by atoms with van der Waals surface area (Å²) in [7, 11) is 0.831. The second kappa shape index (κ2) is 8.86. The van der Waals surface area contributed by atoms with E-state index in [2.05, 4.69) is 12.2 Å². The Balaban J connectivity index is 0.000000202. The maximum atomic E-state index is 5.04. The van der Waals surface area contributed by atoms with Crippen molar-refractivity contribution >= 4 is 7.48 Å². The van der Waals surface area contributed by atoms with Gasteiger partial charge in [-0.2, -0.15) is 0 Å². The van der Waals surface area contributed by atoms with Gasteiger partial charge in [0.05, 0.1) is 0 Å². The van der Waals surface area contributed by atoms with Gasteiger partial charge in [-0.15, -0.1) is 0 Å². The Kier molecular flexibility index (Phi) is 8.68.